The van der Waals surface area contributed by atoms with Crippen molar-refractivity contribution in [2.45, 2.75) is 4.90 Å². The van der Waals surface area contributed by atoms with Crippen LogP contribution in [0.15, 0.2) is 47.4 Å². The van der Waals surface area contributed by atoms with Crippen LogP contribution in [0, 0.1) is 0 Å². The molecule has 9 heteroatoms. The Balaban J connectivity index is 2.13. The summed E-state index contributed by atoms with van der Waals surface area (Å²) in [5, 5.41) is 5.56. The molecule has 0 fully saturated rings. The number of carbonyl (C=O) groups is 2. The number of hydrogen-bond acceptors (Lipinski definition) is 6. The van der Waals surface area contributed by atoms with E-state index in [1.54, 1.807) is 12.1 Å². The number of rotatable bonds is 6. The molecule has 132 valence electrons. The van der Waals surface area contributed by atoms with Crippen molar-refractivity contribution < 1.29 is 27.5 Å². The summed E-state index contributed by atoms with van der Waals surface area (Å²) in [7, 11) is -2.82. The van der Waals surface area contributed by atoms with Crippen LogP contribution in [0.1, 0.15) is 20.7 Å². The van der Waals surface area contributed by atoms with Crippen LogP contribution in [0.4, 0.5) is 0 Å². The minimum Gasteiger partial charge on any atom is -0.495 e. The molecular weight excluding hydrogens is 370 g/mol. The summed E-state index contributed by atoms with van der Waals surface area (Å²) in [6.07, 6.45) is 0. The molecule has 0 aliphatic carbocycles. The highest BCUT2D eigenvalue weighted by atomic mass is 35.5. The van der Waals surface area contributed by atoms with Crippen LogP contribution < -0.4 is 9.88 Å². The number of esters is 1. The Bertz CT molecular complexity index is 909. The first-order valence-electron chi connectivity index (χ1n) is 6.89. The Hall–Kier alpha value is -2.42. The van der Waals surface area contributed by atoms with Gasteiger partial charge in [0.05, 0.1) is 12.7 Å². The van der Waals surface area contributed by atoms with Crippen molar-refractivity contribution in [1.82, 2.24) is 0 Å². The molecule has 25 heavy (non-hydrogen) atoms. The normalized spacial score (nSPS) is 11.0. The van der Waals surface area contributed by atoms with Crippen LogP contribution in [0.5, 0.6) is 5.75 Å². The lowest BCUT2D eigenvalue weighted by molar-refractivity contribution is 0.0474. The Morgan fingerprint density at radius 2 is 1.68 bits per heavy atom. The quantitative estimate of drug-likeness (QED) is 0.603. The van der Waals surface area contributed by atoms with Gasteiger partial charge in [0.15, 0.2) is 12.4 Å². The van der Waals surface area contributed by atoms with E-state index in [2.05, 4.69) is 0 Å². The molecule has 0 amide bonds. The number of nitrogens with two attached hydrogens (primary N) is 1. The average molecular weight is 384 g/mol. The SMILES string of the molecule is COc1ccc(C(=O)OCC(=O)c2ccc(Cl)cc2)cc1S(N)(=O)=O. The molecule has 2 aromatic rings. The third-order valence-electron chi connectivity index (χ3n) is 3.21. The van der Waals surface area contributed by atoms with Crippen LogP contribution in [0.25, 0.3) is 0 Å². The molecule has 2 aromatic carbocycles. The molecule has 0 unspecified atom stereocenters. The summed E-state index contributed by atoms with van der Waals surface area (Å²) in [5.74, 6) is -1.30. The maximum absolute atomic E-state index is 12.0. The number of halogens is 1. The predicted molar refractivity (Wildman–Crippen MR) is 90.4 cm³/mol. The van der Waals surface area contributed by atoms with Gasteiger partial charge in [-0.25, -0.2) is 18.4 Å². The second-order valence-electron chi connectivity index (χ2n) is 4.92. The van der Waals surface area contributed by atoms with Crippen molar-refractivity contribution in [3.8, 4) is 5.75 Å². The van der Waals surface area contributed by atoms with Crippen LogP contribution >= 0.6 is 11.6 Å². The average Bonchev–Trinajstić information content (AvgIpc) is 2.58. The molecule has 0 spiro atoms. The van der Waals surface area contributed by atoms with Gasteiger partial charge in [-0.05, 0) is 42.5 Å². The van der Waals surface area contributed by atoms with E-state index in [4.69, 9.17) is 26.2 Å². The summed E-state index contributed by atoms with van der Waals surface area (Å²) >= 11 is 5.73. The maximum Gasteiger partial charge on any atom is 0.338 e. The topological polar surface area (TPSA) is 113 Å². The molecule has 2 N–H and O–H groups in total. The van der Waals surface area contributed by atoms with Crippen LogP contribution in [0.3, 0.4) is 0 Å². The highest BCUT2D eigenvalue weighted by molar-refractivity contribution is 7.89. The Morgan fingerprint density at radius 3 is 2.24 bits per heavy atom. The summed E-state index contributed by atoms with van der Waals surface area (Å²) in [6.45, 7) is -0.503. The number of carbonyl (C=O) groups excluding carboxylic acids is 2. The standard InChI is InChI=1S/C16H14ClNO6S/c1-23-14-7-4-11(8-15(14)25(18,21)22)16(20)24-9-13(19)10-2-5-12(17)6-3-10/h2-8H,9H2,1H3,(H2,18,21,22). The molecule has 0 saturated heterocycles. The molecule has 0 aromatic heterocycles. The highest BCUT2D eigenvalue weighted by Crippen LogP contribution is 2.24. The number of methoxy groups -OCH3 is 1. The zero-order valence-corrected chi connectivity index (χ0v) is 14.6. The van der Waals surface area contributed by atoms with Gasteiger partial charge in [0.25, 0.3) is 0 Å². The van der Waals surface area contributed by atoms with E-state index < -0.39 is 28.4 Å². The van der Waals surface area contributed by atoms with E-state index >= 15 is 0 Å². The van der Waals surface area contributed by atoms with Crippen molar-refractivity contribution in [3.05, 3.63) is 58.6 Å². The number of Topliss-reactive ketones (excluding diaryl/α,β-unsaturated/α-hetero) is 1. The van der Waals surface area contributed by atoms with Gasteiger partial charge in [0.1, 0.15) is 10.6 Å². The molecule has 0 saturated carbocycles. The van der Waals surface area contributed by atoms with E-state index in [0.29, 0.717) is 10.6 Å². The van der Waals surface area contributed by atoms with Crippen molar-refractivity contribution in [2.75, 3.05) is 13.7 Å². The molecule has 0 atom stereocenters. The molecule has 7 nitrogen and oxygen atoms in total. The fourth-order valence-corrected chi connectivity index (χ4v) is 2.81. The summed E-state index contributed by atoms with van der Waals surface area (Å²) < 4.78 is 32.9. The summed E-state index contributed by atoms with van der Waals surface area (Å²) in [6, 6.07) is 9.70. The van der Waals surface area contributed by atoms with E-state index in [1.165, 1.54) is 31.4 Å². The zero-order chi connectivity index (χ0) is 18.6. The van der Waals surface area contributed by atoms with Crippen LogP contribution in [0.2, 0.25) is 5.02 Å². The molecule has 2 rings (SSSR count). The largest absolute Gasteiger partial charge is 0.495 e. The van der Waals surface area contributed by atoms with Crippen LogP contribution in [-0.4, -0.2) is 33.9 Å². The summed E-state index contributed by atoms with van der Waals surface area (Å²) in [4.78, 5) is 23.7. The zero-order valence-electron chi connectivity index (χ0n) is 13.1. The number of benzene rings is 2. The smallest absolute Gasteiger partial charge is 0.338 e. The monoisotopic (exact) mass is 383 g/mol. The lowest BCUT2D eigenvalue weighted by Crippen LogP contribution is -2.17. The molecule has 0 heterocycles. The van der Waals surface area contributed by atoms with Crippen molar-refractivity contribution >= 4 is 33.4 Å². The molecule has 0 bridgehead atoms. The molecular formula is C16H14ClNO6S. The lowest BCUT2D eigenvalue weighted by Gasteiger charge is -2.09. The maximum atomic E-state index is 12.0. The fraction of sp³-hybridized carbons (Fsp3) is 0.125. The predicted octanol–water partition coefficient (Wildman–Crippen LogP) is 2.04. The number of hydrogen-bond donors (Lipinski definition) is 1. The van der Waals surface area contributed by atoms with Gasteiger partial charge in [-0.15, -0.1) is 0 Å². The second-order valence-corrected chi connectivity index (χ2v) is 6.88. The third-order valence-corrected chi connectivity index (χ3v) is 4.39. The molecule has 0 aliphatic heterocycles. The van der Waals surface area contributed by atoms with E-state index in [1.807, 2.05) is 0 Å². The Labute approximate surface area is 149 Å². The Morgan fingerprint density at radius 1 is 1.08 bits per heavy atom. The number of primary sulfonamides is 1. The van der Waals surface area contributed by atoms with Crippen molar-refractivity contribution in [1.29, 1.82) is 0 Å². The van der Waals surface area contributed by atoms with Gasteiger partial charge < -0.3 is 9.47 Å². The number of ether oxygens (including phenoxy) is 2. The third kappa shape index (κ3) is 4.79. The fourth-order valence-electron chi connectivity index (χ4n) is 1.96. The Kier molecular flexibility index (Phi) is 5.78. The number of sulfonamides is 1. The van der Waals surface area contributed by atoms with Gasteiger partial charge in [-0.1, -0.05) is 11.6 Å². The second kappa shape index (κ2) is 7.64. The molecule has 0 aliphatic rings. The van der Waals surface area contributed by atoms with E-state index in [-0.39, 0.29) is 16.2 Å². The molecule has 0 radical (unpaired) electrons. The summed E-state index contributed by atoms with van der Waals surface area (Å²) in [5.41, 5.74) is 0.255. The van der Waals surface area contributed by atoms with Gasteiger partial charge in [0, 0.05) is 10.6 Å². The van der Waals surface area contributed by atoms with Crippen molar-refractivity contribution in [3.63, 3.8) is 0 Å². The van der Waals surface area contributed by atoms with Gasteiger partial charge >= 0.3 is 5.97 Å². The lowest BCUT2D eigenvalue weighted by atomic mass is 10.1. The first-order chi connectivity index (χ1) is 11.7. The van der Waals surface area contributed by atoms with Crippen LogP contribution in [-0.2, 0) is 14.8 Å². The van der Waals surface area contributed by atoms with Gasteiger partial charge in [-0.2, -0.15) is 0 Å². The minimum absolute atomic E-state index is 0.00343. The van der Waals surface area contributed by atoms with Gasteiger partial charge in [0.2, 0.25) is 10.0 Å². The van der Waals surface area contributed by atoms with E-state index in [0.717, 1.165) is 6.07 Å². The first-order valence-corrected chi connectivity index (χ1v) is 8.81. The first kappa shape index (κ1) is 18.9. The van der Waals surface area contributed by atoms with Gasteiger partial charge in [-0.3, -0.25) is 4.79 Å². The van der Waals surface area contributed by atoms with E-state index in [9.17, 15) is 18.0 Å². The minimum atomic E-state index is -4.09. The highest BCUT2D eigenvalue weighted by Gasteiger charge is 2.19. The van der Waals surface area contributed by atoms with Crippen molar-refractivity contribution in [2.24, 2.45) is 5.14 Å². The number of ketones is 1.